The summed E-state index contributed by atoms with van der Waals surface area (Å²) in [4.78, 5) is 8.94. The minimum Gasteiger partial charge on any atom is -0.368 e. The lowest BCUT2D eigenvalue weighted by atomic mass is 10.3. The quantitative estimate of drug-likeness (QED) is 0.673. The maximum absolute atomic E-state index is 12.9. The van der Waals surface area contributed by atoms with Gasteiger partial charge in [0, 0.05) is 20.0 Å². The van der Waals surface area contributed by atoms with E-state index in [9.17, 15) is 12.8 Å². The van der Waals surface area contributed by atoms with Crippen LogP contribution in [0.4, 0.5) is 10.2 Å². The summed E-state index contributed by atoms with van der Waals surface area (Å²) in [5, 5.41) is 7.96. The number of hydrogen-bond donors (Lipinski definition) is 1. The van der Waals surface area contributed by atoms with Gasteiger partial charge in [-0.3, -0.25) is 4.68 Å². The van der Waals surface area contributed by atoms with E-state index < -0.39 is 15.7 Å². The van der Waals surface area contributed by atoms with Crippen molar-refractivity contribution in [2.24, 2.45) is 7.05 Å². The molecular weight excluding hydrogens is 345 g/mol. The zero-order chi connectivity index (χ0) is 18.0. The van der Waals surface area contributed by atoms with Crippen molar-refractivity contribution in [1.29, 1.82) is 0 Å². The fraction of sp³-hybridized carbons (Fsp3) is 0.312. The van der Waals surface area contributed by atoms with Crippen molar-refractivity contribution in [1.82, 2.24) is 19.7 Å². The van der Waals surface area contributed by atoms with Gasteiger partial charge in [0.25, 0.3) is 0 Å². The lowest BCUT2D eigenvalue weighted by molar-refractivity contribution is 0.595. The number of rotatable bonds is 6. The maximum Gasteiger partial charge on any atom is 0.180 e. The summed E-state index contributed by atoms with van der Waals surface area (Å²) in [5.41, 5.74) is 0.691. The van der Waals surface area contributed by atoms with E-state index in [1.54, 1.807) is 17.9 Å². The Morgan fingerprint density at radius 2 is 1.92 bits per heavy atom. The molecule has 132 valence electrons. The van der Waals surface area contributed by atoms with Gasteiger partial charge >= 0.3 is 0 Å². The van der Waals surface area contributed by atoms with Gasteiger partial charge in [-0.05, 0) is 24.3 Å². The normalized spacial score (nSPS) is 11.8. The molecule has 9 heteroatoms. The Balaban J connectivity index is 1.78. The molecule has 0 aliphatic rings. The standard InChI is InChI=1S/C16H18FN5O2S/c1-3-14-20-15(13-10-19-22(2)16(13)21-14)18-8-9-25(23,24)12-6-4-11(17)5-7-12/h4-7,10H,3,8-9H2,1-2H3,(H,18,20,21). The second-order valence-electron chi connectivity index (χ2n) is 5.55. The SMILES string of the molecule is CCc1nc(NCCS(=O)(=O)c2ccc(F)cc2)c2cnn(C)c2n1. The third-order valence-corrected chi connectivity index (χ3v) is 5.52. The molecule has 25 heavy (non-hydrogen) atoms. The number of hydrogen-bond acceptors (Lipinski definition) is 6. The van der Waals surface area contributed by atoms with Crippen LogP contribution in [0.3, 0.4) is 0 Å². The molecule has 0 spiro atoms. The molecule has 7 nitrogen and oxygen atoms in total. The van der Waals surface area contributed by atoms with Crippen molar-refractivity contribution < 1.29 is 12.8 Å². The van der Waals surface area contributed by atoms with Crippen LogP contribution in [0, 0.1) is 5.82 Å². The number of anilines is 1. The summed E-state index contributed by atoms with van der Waals surface area (Å²) in [6.45, 7) is 2.12. The summed E-state index contributed by atoms with van der Waals surface area (Å²) in [6, 6.07) is 4.81. The first-order valence-electron chi connectivity index (χ1n) is 7.81. The lowest BCUT2D eigenvalue weighted by Crippen LogP contribution is -2.17. The molecule has 0 radical (unpaired) electrons. The van der Waals surface area contributed by atoms with Crippen molar-refractivity contribution in [2.45, 2.75) is 18.2 Å². The Hall–Kier alpha value is -2.55. The van der Waals surface area contributed by atoms with Crippen LogP contribution in [0.15, 0.2) is 35.4 Å². The number of halogens is 1. The first-order valence-corrected chi connectivity index (χ1v) is 9.47. The van der Waals surface area contributed by atoms with Gasteiger partial charge in [0.05, 0.1) is 22.2 Å². The third kappa shape index (κ3) is 3.60. The Morgan fingerprint density at radius 1 is 1.20 bits per heavy atom. The first kappa shape index (κ1) is 17.3. The minimum absolute atomic E-state index is 0.0964. The summed E-state index contributed by atoms with van der Waals surface area (Å²) >= 11 is 0. The molecule has 0 saturated carbocycles. The van der Waals surface area contributed by atoms with Gasteiger partial charge in [-0.25, -0.2) is 22.8 Å². The van der Waals surface area contributed by atoms with E-state index in [4.69, 9.17) is 0 Å². The highest BCUT2D eigenvalue weighted by Crippen LogP contribution is 2.20. The second-order valence-corrected chi connectivity index (χ2v) is 7.66. The van der Waals surface area contributed by atoms with E-state index in [0.717, 1.165) is 17.5 Å². The molecule has 2 aromatic heterocycles. The van der Waals surface area contributed by atoms with Gasteiger partial charge in [-0.1, -0.05) is 6.92 Å². The van der Waals surface area contributed by atoms with Crippen LogP contribution in [0.2, 0.25) is 0 Å². The Kier molecular flexibility index (Phi) is 4.67. The number of aryl methyl sites for hydroxylation is 2. The molecule has 0 saturated heterocycles. The highest BCUT2D eigenvalue weighted by molar-refractivity contribution is 7.91. The van der Waals surface area contributed by atoms with Gasteiger partial charge in [-0.15, -0.1) is 0 Å². The molecule has 0 bridgehead atoms. The van der Waals surface area contributed by atoms with Crippen LogP contribution < -0.4 is 5.32 Å². The average molecular weight is 363 g/mol. The van der Waals surface area contributed by atoms with Crippen LogP contribution in [0.25, 0.3) is 11.0 Å². The number of fused-ring (bicyclic) bond motifs is 1. The zero-order valence-corrected chi connectivity index (χ0v) is 14.7. The maximum atomic E-state index is 12.9. The molecule has 0 aliphatic heterocycles. The van der Waals surface area contributed by atoms with Crippen molar-refractivity contribution in [3.63, 3.8) is 0 Å². The third-order valence-electron chi connectivity index (χ3n) is 3.79. The van der Waals surface area contributed by atoms with Crippen molar-refractivity contribution in [2.75, 3.05) is 17.6 Å². The predicted molar refractivity (Wildman–Crippen MR) is 92.6 cm³/mol. The molecule has 0 fully saturated rings. The Bertz CT molecular complexity index is 999. The van der Waals surface area contributed by atoms with E-state index in [1.165, 1.54) is 12.1 Å². The molecule has 0 unspecified atom stereocenters. The van der Waals surface area contributed by atoms with Crippen LogP contribution in [0.1, 0.15) is 12.7 Å². The summed E-state index contributed by atoms with van der Waals surface area (Å²) in [7, 11) is -1.72. The van der Waals surface area contributed by atoms with Gasteiger partial charge in [0.2, 0.25) is 0 Å². The second kappa shape index (κ2) is 6.75. The molecule has 2 heterocycles. The monoisotopic (exact) mass is 363 g/mol. The van der Waals surface area contributed by atoms with Gasteiger partial charge in [-0.2, -0.15) is 5.10 Å². The first-order chi connectivity index (χ1) is 11.9. The van der Waals surface area contributed by atoms with Crippen LogP contribution >= 0.6 is 0 Å². The van der Waals surface area contributed by atoms with Gasteiger partial charge in [0.1, 0.15) is 17.5 Å². The average Bonchev–Trinajstić information content (AvgIpc) is 2.96. The lowest BCUT2D eigenvalue weighted by Gasteiger charge is -2.09. The zero-order valence-electron chi connectivity index (χ0n) is 13.9. The molecule has 0 aliphatic carbocycles. The number of nitrogens with one attached hydrogen (secondary N) is 1. The highest BCUT2D eigenvalue weighted by Gasteiger charge is 2.15. The molecular formula is C16H18FN5O2S. The van der Waals surface area contributed by atoms with E-state index >= 15 is 0 Å². The number of sulfone groups is 1. The number of aromatic nitrogens is 4. The van der Waals surface area contributed by atoms with Crippen LogP contribution in [0.5, 0.6) is 0 Å². The number of nitrogens with zero attached hydrogens (tertiary/aromatic N) is 4. The summed E-state index contributed by atoms with van der Waals surface area (Å²) in [5.74, 6) is 0.611. The fourth-order valence-electron chi connectivity index (χ4n) is 2.42. The van der Waals surface area contributed by atoms with Crippen molar-refractivity contribution in [3.8, 4) is 0 Å². The van der Waals surface area contributed by atoms with E-state index in [2.05, 4.69) is 20.4 Å². The largest absolute Gasteiger partial charge is 0.368 e. The van der Waals surface area contributed by atoms with E-state index in [0.29, 0.717) is 23.7 Å². The topological polar surface area (TPSA) is 89.8 Å². The molecule has 3 rings (SSSR count). The number of benzene rings is 1. The smallest absolute Gasteiger partial charge is 0.180 e. The minimum atomic E-state index is -3.50. The van der Waals surface area contributed by atoms with Gasteiger partial charge < -0.3 is 5.32 Å². The molecule has 3 aromatic rings. The molecule has 0 atom stereocenters. The fourth-order valence-corrected chi connectivity index (χ4v) is 3.58. The summed E-state index contributed by atoms with van der Waals surface area (Å²) in [6.07, 6.45) is 2.30. The predicted octanol–water partition coefficient (Wildman–Crippen LogP) is 1.95. The summed E-state index contributed by atoms with van der Waals surface area (Å²) < 4.78 is 39.2. The van der Waals surface area contributed by atoms with Crippen molar-refractivity contribution >= 4 is 26.7 Å². The molecule has 1 N–H and O–H groups in total. The van der Waals surface area contributed by atoms with Crippen LogP contribution in [-0.2, 0) is 23.3 Å². The van der Waals surface area contributed by atoms with E-state index in [1.807, 2.05) is 6.92 Å². The van der Waals surface area contributed by atoms with Crippen LogP contribution in [-0.4, -0.2) is 40.5 Å². The molecule has 1 aromatic carbocycles. The highest BCUT2D eigenvalue weighted by atomic mass is 32.2. The molecule has 0 amide bonds. The van der Waals surface area contributed by atoms with Crippen molar-refractivity contribution in [3.05, 3.63) is 42.1 Å². The van der Waals surface area contributed by atoms with Gasteiger partial charge in [0.15, 0.2) is 15.5 Å². The Labute approximate surface area is 144 Å². The van der Waals surface area contributed by atoms with E-state index in [-0.39, 0.29) is 17.2 Å². The Morgan fingerprint density at radius 3 is 2.60 bits per heavy atom.